The number of fused-ring (bicyclic) bond motifs is 1. The van der Waals surface area contributed by atoms with Gasteiger partial charge in [0.2, 0.25) is 0 Å². The molecular formula is C18H17Cl2N3O. The zero-order valence-electron chi connectivity index (χ0n) is 13.2. The van der Waals surface area contributed by atoms with Crippen molar-refractivity contribution < 1.29 is 4.79 Å². The van der Waals surface area contributed by atoms with E-state index in [-0.39, 0.29) is 0 Å². The van der Waals surface area contributed by atoms with Crippen LogP contribution < -0.4 is 5.32 Å². The highest BCUT2D eigenvalue weighted by molar-refractivity contribution is 6.54. The third-order valence-electron chi connectivity index (χ3n) is 3.79. The lowest BCUT2D eigenvalue weighted by molar-refractivity contribution is -0.114. The number of aromatic nitrogens is 2. The lowest BCUT2D eigenvalue weighted by atomic mass is 10.1. The molecule has 0 aliphatic carbocycles. The Hall–Kier alpha value is -2.04. The number of anilines is 1. The predicted molar refractivity (Wildman–Crippen MR) is 97.9 cm³/mol. The molecule has 0 radical (unpaired) electrons. The number of pyridine rings is 1. The molecule has 1 N–H and O–H groups in total. The molecule has 2 heterocycles. The van der Waals surface area contributed by atoms with Crippen molar-refractivity contribution in [1.82, 2.24) is 9.38 Å². The fourth-order valence-electron chi connectivity index (χ4n) is 2.58. The molecule has 6 heteroatoms. The number of hydrogen-bond acceptors (Lipinski definition) is 2. The minimum atomic E-state index is -1.12. The summed E-state index contributed by atoms with van der Waals surface area (Å²) in [4.78, 5) is 15.5. The Labute approximate surface area is 150 Å². The normalized spacial score (nSPS) is 11.2. The van der Waals surface area contributed by atoms with Crippen LogP contribution in [-0.4, -0.2) is 20.1 Å². The summed E-state index contributed by atoms with van der Waals surface area (Å²) in [6.07, 6.45) is 3.42. The van der Waals surface area contributed by atoms with E-state index in [0.717, 1.165) is 23.3 Å². The number of aryl methyl sites for hydroxylation is 3. The number of carbonyl (C=O) groups is 1. The highest BCUT2D eigenvalue weighted by Gasteiger charge is 2.18. The van der Waals surface area contributed by atoms with Gasteiger partial charge in [0.1, 0.15) is 11.5 Å². The zero-order chi connectivity index (χ0) is 17.1. The topological polar surface area (TPSA) is 46.4 Å². The van der Waals surface area contributed by atoms with Crippen LogP contribution in [0.4, 0.5) is 5.82 Å². The number of alkyl halides is 2. The molecule has 0 spiro atoms. The standard InChI is InChI=1S/C18H17Cl2N3O/c1-12-9-10-23-15(11-12)21-14(17(23)22-18(24)16(19)20)8-7-13-5-3-2-4-6-13/h2-6,9-11,16H,7-8H2,1H3,(H,22,24). The summed E-state index contributed by atoms with van der Waals surface area (Å²) in [6, 6.07) is 14.1. The number of nitrogens with one attached hydrogen (secondary N) is 1. The second kappa shape index (κ2) is 7.24. The molecule has 0 fully saturated rings. The van der Waals surface area contributed by atoms with Crippen LogP contribution in [0.3, 0.4) is 0 Å². The first-order valence-corrected chi connectivity index (χ1v) is 8.52. The maximum Gasteiger partial charge on any atom is 0.258 e. The van der Waals surface area contributed by atoms with Crippen LogP contribution in [0.2, 0.25) is 0 Å². The smallest absolute Gasteiger partial charge is 0.258 e. The second-order valence-corrected chi connectivity index (χ2v) is 6.71. The molecule has 124 valence electrons. The number of imidazole rings is 1. The van der Waals surface area contributed by atoms with Crippen LogP contribution in [0.5, 0.6) is 0 Å². The van der Waals surface area contributed by atoms with Crippen LogP contribution in [0.1, 0.15) is 16.8 Å². The molecule has 4 nitrogen and oxygen atoms in total. The Bertz CT molecular complexity index is 859. The van der Waals surface area contributed by atoms with Gasteiger partial charge in [0, 0.05) is 6.20 Å². The third-order valence-corrected chi connectivity index (χ3v) is 4.18. The minimum Gasteiger partial charge on any atom is -0.308 e. The molecule has 3 aromatic rings. The third kappa shape index (κ3) is 3.71. The Kier molecular flexibility index (Phi) is 5.07. The fraction of sp³-hybridized carbons (Fsp3) is 0.222. The minimum absolute atomic E-state index is 0.457. The van der Waals surface area contributed by atoms with Gasteiger partial charge in [0.15, 0.2) is 4.84 Å². The molecule has 0 unspecified atom stereocenters. The summed E-state index contributed by atoms with van der Waals surface area (Å²) in [5, 5.41) is 2.79. The number of halogens is 2. The van der Waals surface area contributed by atoms with Crippen LogP contribution >= 0.6 is 23.2 Å². The Morgan fingerprint density at radius 2 is 1.96 bits per heavy atom. The Balaban J connectivity index is 1.93. The van der Waals surface area contributed by atoms with Gasteiger partial charge in [-0.2, -0.15) is 0 Å². The number of benzene rings is 1. The van der Waals surface area contributed by atoms with Crippen molar-refractivity contribution in [3.8, 4) is 0 Å². The molecule has 0 aliphatic rings. The number of hydrogen-bond donors (Lipinski definition) is 1. The van der Waals surface area contributed by atoms with Crippen molar-refractivity contribution in [2.45, 2.75) is 24.6 Å². The van der Waals surface area contributed by atoms with Gasteiger partial charge in [-0.1, -0.05) is 53.5 Å². The van der Waals surface area contributed by atoms with Gasteiger partial charge in [-0.25, -0.2) is 4.98 Å². The Morgan fingerprint density at radius 1 is 1.21 bits per heavy atom. The molecule has 1 amide bonds. The maximum absolute atomic E-state index is 11.9. The molecule has 0 saturated heterocycles. The highest BCUT2D eigenvalue weighted by atomic mass is 35.5. The maximum atomic E-state index is 11.9. The molecule has 0 bridgehead atoms. The van der Waals surface area contributed by atoms with E-state index in [1.165, 1.54) is 5.56 Å². The summed E-state index contributed by atoms with van der Waals surface area (Å²) >= 11 is 11.3. The van der Waals surface area contributed by atoms with E-state index in [1.807, 2.05) is 47.9 Å². The highest BCUT2D eigenvalue weighted by Crippen LogP contribution is 2.22. The van der Waals surface area contributed by atoms with E-state index in [0.29, 0.717) is 12.2 Å². The monoisotopic (exact) mass is 361 g/mol. The molecule has 24 heavy (non-hydrogen) atoms. The van der Waals surface area contributed by atoms with Gasteiger partial charge in [0.05, 0.1) is 5.69 Å². The van der Waals surface area contributed by atoms with E-state index < -0.39 is 10.7 Å². The molecule has 0 aliphatic heterocycles. The van der Waals surface area contributed by atoms with Crippen molar-refractivity contribution in [3.63, 3.8) is 0 Å². The molecule has 3 rings (SSSR count). The summed E-state index contributed by atoms with van der Waals surface area (Å²) in [5.41, 5.74) is 3.92. The van der Waals surface area contributed by atoms with Crippen molar-refractivity contribution in [3.05, 3.63) is 65.5 Å². The number of amides is 1. The summed E-state index contributed by atoms with van der Waals surface area (Å²) in [7, 11) is 0. The van der Waals surface area contributed by atoms with Crippen LogP contribution in [0, 0.1) is 6.92 Å². The Morgan fingerprint density at radius 3 is 2.67 bits per heavy atom. The molecule has 0 atom stereocenters. The number of rotatable bonds is 5. The lowest BCUT2D eigenvalue weighted by Gasteiger charge is -2.08. The van der Waals surface area contributed by atoms with E-state index in [2.05, 4.69) is 22.4 Å². The summed E-state index contributed by atoms with van der Waals surface area (Å²) in [5.74, 6) is 0.166. The fourth-order valence-corrected chi connectivity index (χ4v) is 2.69. The average molecular weight is 362 g/mol. The quantitative estimate of drug-likeness (QED) is 0.693. The molecule has 0 saturated carbocycles. The largest absolute Gasteiger partial charge is 0.308 e. The molecular weight excluding hydrogens is 345 g/mol. The van der Waals surface area contributed by atoms with E-state index in [4.69, 9.17) is 23.2 Å². The number of nitrogens with zero attached hydrogens (tertiary/aromatic N) is 2. The van der Waals surface area contributed by atoms with Gasteiger partial charge in [0.25, 0.3) is 5.91 Å². The van der Waals surface area contributed by atoms with E-state index in [1.54, 1.807) is 0 Å². The molecule has 1 aromatic carbocycles. The average Bonchev–Trinajstić information content (AvgIpc) is 2.90. The van der Waals surface area contributed by atoms with Gasteiger partial charge < -0.3 is 5.32 Å². The van der Waals surface area contributed by atoms with E-state index >= 15 is 0 Å². The van der Waals surface area contributed by atoms with Crippen molar-refractivity contribution in [1.29, 1.82) is 0 Å². The van der Waals surface area contributed by atoms with Crippen molar-refractivity contribution in [2.75, 3.05) is 5.32 Å². The summed E-state index contributed by atoms with van der Waals surface area (Å²) < 4.78 is 1.85. The SMILES string of the molecule is Cc1ccn2c(NC(=O)C(Cl)Cl)c(CCc3ccccc3)nc2c1. The van der Waals surface area contributed by atoms with E-state index in [9.17, 15) is 4.79 Å². The summed E-state index contributed by atoms with van der Waals surface area (Å²) in [6.45, 7) is 2.00. The zero-order valence-corrected chi connectivity index (χ0v) is 14.7. The van der Waals surface area contributed by atoms with Crippen molar-refractivity contribution in [2.24, 2.45) is 0 Å². The first-order chi connectivity index (χ1) is 11.5. The predicted octanol–water partition coefficient (Wildman–Crippen LogP) is 4.17. The second-order valence-electron chi connectivity index (χ2n) is 5.61. The van der Waals surface area contributed by atoms with Gasteiger partial charge in [-0.05, 0) is 43.0 Å². The van der Waals surface area contributed by atoms with Crippen molar-refractivity contribution >= 4 is 40.6 Å². The first kappa shape index (κ1) is 16.8. The number of carbonyl (C=O) groups excluding carboxylic acids is 1. The lowest BCUT2D eigenvalue weighted by Crippen LogP contribution is -2.20. The first-order valence-electron chi connectivity index (χ1n) is 7.65. The van der Waals surface area contributed by atoms with Crippen LogP contribution in [-0.2, 0) is 17.6 Å². The van der Waals surface area contributed by atoms with Gasteiger partial charge in [-0.15, -0.1) is 0 Å². The van der Waals surface area contributed by atoms with Gasteiger partial charge >= 0.3 is 0 Å². The van der Waals surface area contributed by atoms with Crippen LogP contribution in [0.25, 0.3) is 5.65 Å². The van der Waals surface area contributed by atoms with Crippen LogP contribution in [0.15, 0.2) is 48.7 Å². The molecule has 2 aromatic heterocycles. The van der Waals surface area contributed by atoms with Gasteiger partial charge in [-0.3, -0.25) is 9.20 Å².